The van der Waals surface area contributed by atoms with Gasteiger partial charge in [0.1, 0.15) is 11.2 Å². The van der Waals surface area contributed by atoms with Crippen molar-refractivity contribution in [3.63, 3.8) is 0 Å². The molecule has 1 aromatic heterocycles. The van der Waals surface area contributed by atoms with Crippen LogP contribution in [0, 0.1) is 11.8 Å². The van der Waals surface area contributed by atoms with Gasteiger partial charge in [-0.05, 0) is 74.1 Å². The minimum atomic E-state index is -0.184. The van der Waals surface area contributed by atoms with Crippen LogP contribution in [-0.4, -0.2) is 35.1 Å². The number of nitrogens with one attached hydrogen (secondary N) is 2. The summed E-state index contributed by atoms with van der Waals surface area (Å²) in [6.45, 7) is 0. The molecule has 2 N–H and O–H groups in total. The summed E-state index contributed by atoms with van der Waals surface area (Å²) in [6, 6.07) is 5.65. The second-order valence-electron chi connectivity index (χ2n) is 9.28. The highest BCUT2D eigenvalue weighted by molar-refractivity contribution is 6.14. The third kappa shape index (κ3) is 2.79. The number of nitrogens with zero attached hydrogens (tertiary/aromatic N) is 2. The highest BCUT2D eigenvalue weighted by Crippen LogP contribution is 2.58. The van der Waals surface area contributed by atoms with Crippen molar-refractivity contribution in [3.05, 3.63) is 35.9 Å². The number of amides is 1. The standard InChI is InChI=1S/C22H24N4O3/c1-28-22-9-14-4-15(10-22)8-21(7-14,11-22)26-20-24-17(19(27)25-20)5-13-2-3-16-18(6-13)29-12-23-16/h2-3,5-6,12,14-15H,4,7-11H2,1H3,(H2,24,25,26,27)/b17-5-. The molecule has 4 aliphatic carbocycles. The van der Waals surface area contributed by atoms with Crippen LogP contribution in [0.4, 0.5) is 0 Å². The topological polar surface area (TPSA) is 88.8 Å². The monoisotopic (exact) mass is 392 g/mol. The van der Waals surface area contributed by atoms with Crippen molar-refractivity contribution in [2.75, 3.05) is 7.11 Å². The van der Waals surface area contributed by atoms with Gasteiger partial charge in [-0.25, -0.2) is 9.98 Å². The van der Waals surface area contributed by atoms with Crippen LogP contribution in [0.3, 0.4) is 0 Å². The molecule has 0 spiro atoms. The Morgan fingerprint density at radius 1 is 1.28 bits per heavy atom. The minimum Gasteiger partial charge on any atom is -0.443 e. The van der Waals surface area contributed by atoms with E-state index in [-0.39, 0.29) is 17.0 Å². The van der Waals surface area contributed by atoms with E-state index in [1.807, 2.05) is 25.3 Å². The van der Waals surface area contributed by atoms with Crippen LogP contribution in [0.1, 0.15) is 44.1 Å². The molecule has 2 aromatic rings. The number of hydrogen-bond acceptors (Lipinski definition) is 6. The molecule has 4 fully saturated rings. The Morgan fingerprint density at radius 2 is 2.10 bits per heavy atom. The van der Waals surface area contributed by atoms with Gasteiger partial charge in [0.2, 0.25) is 5.96 Å². The summed E-state index contributed by atoms with van der Waals surface area (Å²) in [5, 5.41) is 6.54. The first-order valence-corrected chi connectivity index (χ1v) is 10.3. The Balaban J connectivity index is 1.27. The maximum absolute atomic E-state index is 12.5. The van der Waals surface area contributed by atoms with Crippen LogP contribution in [0.25, 0.3) is 17.2 Å². The molecule has 0 saturated heterocycles. The van der Waals surface area contributed by atoms with Crippen molar-refractivity contribution in [1.82, 2.24) is 15.6 Å². The molecule has 1 amide bonds. The quantitative estimate of drug-likeness (QED) is 0.784. The smallest absolute Gasteiger partial charge is 0.276 e. The van der Waals surface area contributed by atoms with Crippen molar-refractivity contribution >= 4 is 29.0 Å². The number of benzene rings is 1. The van der Waals surface area contributed by atoms with Gasteiger partial charge in [0.05, 0.1) is 5.60 Å². The predicted octanol–water partition coefficient (Wildman–Crippen LogP) is 2.98. The molecule has 7 nitrogen and oxygen atoms in total. The van der Waals surface area contributed by atoms with Gasteiger partial charge in [-0.15, -0.1) is 0 Å². The van der Waals surface area contributed by atoms with E-state index in [0.29, 0.717) is 29.1 Å². The molecule has 7 rings (SSSR count). The molecule has 2 heterocycles. The zero-order valence-corrected chi connectivity index (χ0v) is 16.4. The number of rotatable bonds is 3. The van der Waals surface area contributed by atoms with Gasteiger partial charge in [0.15, 0.2) is 12.0 Å². The molecule has 2 unspecified atom stereocenters. The number of guanidine groups is 1. The fourth-order valence-electron chi connectivity index (χ4n) is 6.46. The van der Waals surface area contributed by atoms with Gasteiger partial charge in [-0.3, -0.25) is 10.1 Å². The average Bonchev–Trinajstić information content (AvgIpc) is 3.26. The van der Waals surface area contributed by atoms with E-state index in [0.717, 1.165) is 43.2 Å². The van der Waals surface area contributed by atoms with Gasteiger partial charge in [-0.2, -0.15) is 0 Å². The van der Waals surface area contributed by atoms with Crippen LogP contribution < -0.4 is 10.6 Å². The first kappa shape index (κ1) is 17.2. The number of oxazole rings is 1. The number of ether oxygens (including phenoxy) is 1. The van der Waals surface area contributed by atoms with E-state index in [1.54, 1.807) is 6.08 Å². The Labute approximate surface area is 168 Å². The maximum Gasteiger partial charge on any atom is 0.276 e. The summed E-state index contributed by atoms with van der Waals surface area (Å²) in [7, 11) is 1.85. The van der Waals surface area contributed by atoms with Gasteiger partial charge >= 0.3 is 0 Å². The van der Waals surface area contributed by atoms with Crippen LogP contribution in [-0.2, 0) is 9.53 Å². The normalized spacial score (nSPS) is 36.7. The van der Waals surface area contributed by atoms with E-state index in [2.05, 4.69) is 20.6 Å². The number of carbonyl (C=O) groups is 1. The number of aromatic nitrogens is 1. The van der Waals surface area contributed by atoms with Gasteiger partial charge in [0, 0.05) is 12.6 Å². The molecule has 29 heavy (non-hydrogen) atoms. The molecule has 0 radical (unpaired) electrons. The number of carbonyl (C=O) groups excluding carboxylic acids is 1. The first-order valence-electron chi connectivity index (χ1n) is 10.3. The van der Waals surface area contributed by atoms with Crippen LogP contribution in [0.2, 0.25) is 0 Å². The molecular weight excluding hydrogens is 368 g/mol. The highest BCUT2D eigenvalue weighted by atomic mass is 16.5. The molecule has 5 aliphatic rings. The average molecular weight is 392 g/mol. The zero-order valence-electron chi connectivity index (χ0n) is 16.4. The van der Waals surface area contributed by atoms with Crippen molar-refractivity contribution in [3.8, 4) is 0 Å². The van der Waals surface area contributed by atoms with Crippen LogP contribution in [0.15, 0.2) is 39.7 Å². The lowest BCUT2D eigenvalue weighted by atomic mass is 9.51. The molecule has 4 bridgehead atoms. The predicted molar refractivity (Wildman–Crippen MR) is 108 cm³/mol. The molecule has 4 saturated carbocycles. The van der Waals surface area contributed by atoms with Crippen molar-refractivity contribution in [2.24, 2.45) is 16.8 Å². The van der Waals surface area contributed by atoms with E-state index < -0.39 is 0 Å². The zero-order chi connectivity index (χ0) is 19.6. The maximum atomic E-state index is 12.5. The molecule has 7 heteroatoms. The molecular formula is C22H24N4O3. The fraction of sp³-hybridized carbons (Fsp3) is 0.500. The summed E-state index contributed by atoms with van der Waals surface area (Å²) in [5.41, 5.74) is 2.71. The number of methoxy groups -OCH3 is 1. The van der Waals surface area contributed by atoms with Crippen LogP contribution in [0.5, 0.6) is 0 Å². The lowest BCUT2D eigenvalue weighted by Crippen LogP contribution is -2.66. The molecule has 1 aliphatic heterocycles. The second-order valence-corrected chi connectivity index (χ2v) is 9.28. The number of fused-ring (bicyclic) bond motifs is 1. The van der Waals surface area contributed by atoms with Crippen molar-refractivity contribution < 1.29 is 13.9 Å². The summed E-state index contributed by atoms with van der Waals surface area (Å²) in [5.74, 6) is 1.78. The molecule has 2 atom stereocenters. The lowest BCUT2D eigenvalue weighted by molar-refractivity contribution is -0.157. The Bertz CT molecular complexity index is 1050. The first-order chi connectivity index (χ1) is 14.0. The fourth-order valence-corrected chi connectivity index (χ4v) is 6.46. The van der Waals surface area contributed by atoms with Crippen LogP contribution >= 0.6 is 0 Å². The largest absolute Gasteiger partial charge is 0.443 e. The second kappa shape index (κ2) is 5.92. The highest BCUT2D eigenvalue weighted by Gasteiger charge is 2.58. The SMILES string of the molecule is COC12CC3CC(CC(NC4=N/C(=C\c5ccc6ncoc6c5)C(=O)N4)(C3)C1)C2. The van der Waals surface area contributed by atoms with E-state index in [1.165, 1.54) is 12.8 Å². The third-order valence-electron chi connectivity index (χ3n) is 7.18. The van der Waals surface area contributed by atoms with Gasteiger partial charge < -0.3 is 14.5 Å². The van der Waals surface area contributed by atoms with Gasteiger partial charge in [0.25, 0.3) is 5.91 Å². The summed E-state index contributed by atoms with van der Waals surface area (Å²) >= 11 is 0. The number of hydrogen-bond donors (Lipinski definition) is 2. The molecule has 1 aromatic carbocycles. The van der Waals surface area contributed by atoms with E-state index >= 15 is 0 Å². The Hall–Kier alpha value is -2.67. The van der Waals surface area contributed by atoms with Crippen molar-refractivity contribution in [2.45, 2.75) is 49.7 Å². The lowest BCUT2D eigenvalue weighted by Gasteiger charge is -2.61. The third-order valence-corrected chi connectivity index (χ3v) is 7.18. The molecule has 150 valence electrons. The Kier molecular flexibility index (Phi) is 3.51. The van der Waals surface area contributed by atoms with E-state index in [4.69, 9.17) is 9.15 Å². The minimum absolute atomic E-state index is 0.00852. The van der Waals surface area contributed by atoms with Gasteiger partial charge in [-0.1, -0.05) is 6.07 Å². The van der Waals surface area contributed by atoms with E-state index in [9.17, 15) is 4.79 Å². The Morgan fingerprint density at radius 3 is 2.90 bits per heavy atom. The number of aliphatic imine (C=N–C) groups is 1. The summed E-state index contributed by atoms with van der Waals surface area (Å²) in [4.78, 5) is 21.2. The van der Waals surface area contributed by atoms with Crippen molar-refractivity contribution in [1.29, 1.82) is 0 Å². The summed E-state index contributed by atoms with van der Waals surface area (Å²) in [6.07, 6.45) is 10.1. The summed E-state index contributed by atoms with van der Waals surface area (Å²) < 4.78 is 11.3.